The third-order valence-corrected chi connectivity index (χ3v) is 4.26. The van der Waals surface area contributed by atoms with E-state index in [-0.39, 0.29) is 18.2 Å². The van der Waals surface area contributed by atoms with E-state index in [4.69, 9.17) is 14.0 Å². The van der Waals surface area contributed by atoms with Crippen LogP contribution in [0.1, 0.15) is 16.1 Å². The fraction of sp³-hybridized carbons (Fsp3) is 0.158. The summed E-state index contributed by atoms with van der Waals surface area (Å²) in [6, 6.07) is 14.8. The Kier molecular flexibility index (Phi) is 3.65. The van der Waals surface area contributed by atoms with Crippen molar-refractivity contribution in [2.75, 3.05) is 19.1 Å². The van der Waals surface area contributed by atoms with Gasteiger partial charge in [0.1, 0.15) is 18.1 Å². The van der Waals surface area contributed by atoms with Gasteiger partial charge in [-0.15, -0.1) is 0 Å². The van der Waals surface area contributed by atoms with Crippen molar-refractivity contribution in [1.29, 1.82) is 0 Å². The maximum Gasteiger partial charge on any atom is 0.280 e. The summed E-state index contributed by atoms with van der Waals surface area (Å²) < 4.78 is 16.3. The molecule has 25 heavy (non-hydrogen) atoms. The molecule has 4 rings (SSSR count). The van der Waals surface area contributed by atoms with Gasteiger partial charge in [0.05, 0.1) is 18.2 Å². The van der Waals surface area contributed by atoms with Gasteiger partial charge in [-0.2, -0.15) is 0 Å². The van der Waals surface area contributed by atoms with Gasteiger partial charge < -0.3 is 18.9 Å². The molecule has 0 radical (unpaired) electrons. The van der Waals surface area contributed by atoms with Crippen LogP contribution in [-0.4, -0.2) is 25.2 Å². The van der Waals surface area contributed by atoms with E-state index in [1.165, 1.54) is 4.90 Å². The number of rotatable bonds is 3. The summed E-state index contributed by atoms with van der Waals surface area (Å²) in [5, 5.41) is 4.01. The Bertz CT molecular complexity index is 931. The molecule has 0 saturated heterocycles. The molecule has 0 spiro atoms. The van der Waals surface area contributed by atoms with Gasteiger partial charge >= 0.3 is 0 Å². The summed E-state index contributed by atoms with van der Waals surface area (Å²) in [7, 11) is 3.30. The minimum Gasteiger partial charge on any atom is -0.497 e. The summed E-state index contributed by atoms with van der Waals surface area (Å²) in [5.41, 5.74) is 2.48. The molecule has 126 valence electrons. The first-order valence-corrected chi connectivity index (χ1v) is 7.82. The topological polar surface area (TPSA) is 64.8 Å². The maximum absolute atomic E-state index is 12.9. The normalized spacial score (nSPS) is 11.9. The first-order chi connectivity index (χ1) is 12.2. The molecule has 0 N–H and O–H groups in total. The third kappa shape index (κ3) is 2.52. The second kappa shape index (κ2) is 5.98. The number of anilines is 1. The number of hydrogen-bond donors (Lipinski definition) is 0. The van der Waals surface area contributed by atoms with Gasteiger partial charge in [0, 0.05) is 12.7 Å². The van der Waals surface area contributed by atoms with E-state index in [0.717, 1.165) is 22.7 Å². The standard InChI is InChI=1S/C19H16N2O4/c1-21(12-7-9-13(23-2)10-8-12)19(22)17-15-11-24-16-6-4-3-5-14(16)18(15)25-20-17/h3-10H,11H2,1-2H3. The lowest BCUT2D eigenvalue weighted by atomic mass is 10.0. The molecule has 2 heterocycles. The highest BCUT2D eigenvalue weighted by Gasteiger charge is 2.30. The monoisotopic (exact) mass is 336 g/mol. The zero-order valence-electron chi connectivity index (χ0n) is 13.9. The van der Waals surface area contributed by atoms with Gasteiger partial charge in [-0.05, 0) is 36.4 Å². The van der Waals surface area contributed by atoms with Crippen LogP contribution in [-0.2, 0) is 6.61 Å². The van der Waals surface area contributed by atoms with Gasteiger partial charge in [0.2, 0.25) is 0 Å². The summed E-state index contributed by atoms with van der Waals surface area (Å²) in [6.07, 6.45) is 0. The minimum absolute atomic E-state index is 0.252. The number of aromatic nitrogens is 1. The molecular formula is C19H16N2O4. The van der Waals surface area contributed by atoms with Crippen LogP contribution in [0.2, 0.25) is 0 Å². The van der Waals surface area contributed by atoms with Crippen molar-refractivity contribution in [1.82, 2.24) is 5.16 Å². The fourth-order valence-corrected chi connectivity index (χ4v) is 2.83. The van der Waals surface area contributed by atoms with Crippen LogP contribution >= 0.6 is 0 Å². The third-order valence-electron chi connectivity index (χ3n) is 4.26. The molecule has 1 aliphatic rings. The van der Waals surface area contributed by atoms with E-state index in [1.807, 2.05) is 36.4 Å². The van der Waals surface area contributed by atoms with Crippen molar-refractivity contribution in [3.8, 4) is 22.8 Å². The van der Waals surface area contributed by atoms with Crippen molar-refractivity contribution < 1.29 is 18.8 Å². The zero-order chi connectivity index (χ0) is 17.4. The molecular weight excluding hydrogens is 320 g/mol. The Balaban J connectivity index is 1.67. The summed E-state index contributed by atoms with van der Waals surface area (Å²) >= 11 is 0. The maximum atomic E-state index is 12.9. The number of carbonyl (C=O) groups excluding carboxylic acids is 1. The fourth-order valence-electron chi connectivity index (χ4n) is 2.83. The second-order valence-corrected chi connectivity index (χ2v) is 5.69. The highest BCUT2D eigenvalue weighted by Crippen LogP contribution is 2.38. The number of fused-ring (bicyclic) bond motifs is 3. The van der Waals surface area contributed by atoms with Gasteiger partial charge in [-0.3, -0.25) is 4.79 Å². The van der Waals surface area contributed by atoms with Crippen LogP contribution < -0.4 is 14.4 Å². The summed E-state index contributed by atoms with van der Waals surface area (Å²) in [6.45, 7) is 0.257. The molecule has 1 amide bonds. The van der Waals surface area contributed by atoms with Gasteiger partial charge in [-0.1, -0.05) is 17.3 Å². The quantitative estimate of drug-likeness (QED) is 0.732. The van der Waals surface area contributed by atoms with E-state index < -0.39 is 0 Å². The van der Waals surface area contributed by atoms with Crippen LogP contribution in [0.5, 0.6) is 11.5 Å². The lowest BCUT2D eigenvalue weighted by molar-refractivity contribution is 0.0982. The lowest BCUT2D eigenvalue weighted by Gasteiger charge is -2.19. The van der Waals surface area contributed by atoms with Crippen molar-refractivity contribution in [3.05, 3.63) is 59.8 Å². The Morgan fingerprint density at radius 2 is 1.92 bits per heavy atom. The minimum atomic E-state index is -0.252. The highest BCUT2D eigenvalue weighted by molar-refractivity contribution is 6.06. The molecule has 0 bridgehead atoms. The molecule has 0 saturated carbocycles. The van der Waals surface area contributed by atoms with E-state index in [2.05, 4.69) is 5.16 Å². The molecule has 3 aromatic rings. The molecule has 0 atom stereocenters. The van der Waals surface area contributed by atoms with E-state index in [9.17, 15) is 4.79 Å². The first-order valence-electron chi connectivity index (χ1n) is 7.82. The Labute approximate surface area is 144 Å². The van der Waals surface area contributed by atoms with Crippen molar-refractivity contribution in [2.24, 2.45) is 0 Å². The van der Waals surface area contributed by atoms with Crippen molar-refractivity contribution in [3.63, 3.8) is 0 Å². The SMILES string of the molecule is COc1ccc(N(C)C(=O)c2noc3c2COc2ccccc2-3)cc1. The number of ether oxygens (including phenoxy) is 2. The van der Waals surface area contributed by atoms with E-state index in [1.54, 1.807) is 26.3 Å². The molecule has 2 aromatic carbocycles. The van der Waals surface area contributed by atoms with Crippen LogP contribution in [0, 0.1) is 0 Å². The largest absolute Gasteiger partial charge is 0.497 e. The average Bonchev–Trinajstić information content (AvgIpc) is 3.11. The number of nitrogens with zero attached hydrogens (tertiary/aromatic N) is 2. The number of para-hydroxylation sites is 1. The average molecular weight is 336 g/mol. The Morgan fingerprint density at radius 1 is 1.16 bits per heavy atom. The van der Waals surface area contributed by atoms with Gasteiger partial charge in [0.15, 0.2) is 11.5 Å². The number of carbonyl (C=O) groups is 1. The number of hydrogen-bond acceptors (Lipinski definition) is 5. The van der Waals surface area contributed by atoms with Gasteiger partial charge in [-0.25, -0.2) is 0 Å². The summed E-state index contributed by atoms with van der Waals surface area (Å²) in [4.78, 5) is 14.4. The first kappa shape index (κ1) is 15.3. The molecule has 1 aromatic heterocycles. The summed E-state index contributed by atoms with van der Waals surface area (Å²) in [5.74, 6) is 1.80. The molecule has 6 nitrogen and oxygen atoms in total. The van der Waals surface area contributed by atoms with Crippen molar-refractivity contribution >= 4 is 11.6 Å². The van der Waals surface area contributed by atoms with E-state index in [0.29, 0.717) is 11.3 Å². The van der Waals surface area contributed by atoms with E-state index >= 15 is 0 Å². The molecule has 0 unspecified atom stereocenters. The molecule has 0 aliphatic carbocycles. The molecule has 1 aliphatic heterocycles. The number of benzene rings is 2. The second-order valence-electron chi connectivity index (χ2n) is 5.69. The highest BCUT2D eigenvalue weighted by atomic mass is 16.5. The number of amides is 1. The van der Waals surface area contributed by atoms with Crippen LogP contribution in [0.3, 0.4) is 0 Å². The molecule has 0 fully saturated rings. The van der Waals surface area contributed by atoms with Crippen molar-refractivity contribution in [2.45, 2.75) is 6.61 Å². The van der Waals surface area contributed by atoms with Crippen LogP contribution in [0.4, 0.5) is 5.69 Å². The number of methoxy groups -OCH3 is 1. The predicted octanol–water partition coefficient (Wildman–Crippen LogP) is 3.52. The smallest absolute Gasteiger partial charge is 0.280 e. The van der Waals surface area contributed by atoms with Crippen LogP contribution in [0.25, 0.3) is 11.3 Å². The van der Waals surface area contributed by atoms with Crippen LogP contribution in [0.15, 0.2) is 53.1 Å². The Morgan fingerprint density at radius 3 is 2.68 bits per heavy atom. The Hall–Kier alpha value is -3.28. The lowest BCUT2D eigenvalue weighted by Crippen LogP contribution is -2.27. The molecule has 6 heteroatoms. The van der Waals surface area contributed by atoms with Gasteiger partial charge in [0.25, 0.3) is 5.91 Å². The zero-order valence-corrected chi connectivity index (χ0v) is 13.9. The predicted molar refractivity (Wildman–Crippen MR) is 92.0 cm³/mol.